The maximum absolute atomic E-state index is 5.79. The van der Waals surface area contributed by atoms with Crippen LogP contribution in [0.3, 0.4) is 0 Å². The molecule has 0 amide bonds. The highest BCUT2D eigenvalue weighted by atomic mass is 79.9. The Balaban J connectivity index is 2.22. The molecular formula is C11H19BrN4S2. The summed E-state index contributed by atoms with van der Waals surface area (Å²) in [6.45, 7) is 3.10. The van der Waals surface area contributed by atoms with Gasteiger partial charge in [0.2, 0.25) is 0 Å². The van der Waals surface area contributed by atoms with Gasteiger partial charge in [0.25, 0.3) is 0 Å². The Bertz CT molecular complexity index is 379. The zero-order valence-corrected chi connectivity index (χ0v) is 13.7. The second kappa shape index (κ2) is 7.19. The predicted molar refractivity (Wildman–Crippen MR) is 83.9 cm³/mol. The van der Waals surface area contributed by atoms with Gasteiger partial charge in [-0.1, -0.05) is 6.92 Å². The SMILES string of the molecule is CCCn1ncc(Br)c1C(NN)C1CSCCS1. The molecule has 0 spiro atoms. The third kappa shape index (κ3) is 3.25. The number of nitrogens with two attached hydrogens (primary N) is 1. The molecular weight excluding hydrogens is 332 g/mol. The highest BCUT2D eigenvalue weighted by Crippen LogP contribution is 2.35. The van der Waals surface area contributed by atoms with E-state index in [0.717, 1.165) is 23.2 Å². The third-order valence-electron chi connectivity index (χ3n) is 2.96. The van der Waals surface area contributed by atoms with Crippen LogP contribution in [0.1, 0.15) is 25.1 Å². The molecule has 4 nitrogen and oxygen atoms in total. The van der Waals surface area contributed by atoms with Gasteiger partial charge in [0.15, 0.2) is 0 Å². The lowest BCUT2D eigenvalue weighted by Gasteiger charge is -2.29. The molecule has 0 radical (unpaired) electrons. The zero-order chi connectivity index (χ0) is 13.0. The molecule has 102 valence electrons. The second-order valence-corrected chi connectivity index (χ2v) is 7.58. The number of thioether (sulfide) groups is 2. The molecule has 2 unspecified atom stereocenters. The number of halogens is 1. The summed E-state index contributed by atoms with van der Waals surface area (Å²) in [7, 11) is 0. The Morgan fingerprint density at radius 2 is 2.50 bits per heavy atom. The largest absolute Gasteiger partial charge is 0.271 e. The molecule has 0 aliphatic carbocycles. The standard InChI is InChI=1S/C11H19BrN4S2/c1-2-3-16-11(8(12)6-14-16)10(15-13)9-7-17-4-5-18-9/h6,9-10,15H,2-5,7,13H2,1H3. The van der Waals surface area contributed by atoms with Crippen molar-refractivity contribution < 1.29 is 0 Å². The minimum absolute atomic E-state index is 0.159. The van der Waals surface area contributed by atoms with Gasteiger partial charge in [0, 0.05) is 29.1 Å². The number of hydrogen-bond acceptors (Lipinski definition) is 5. The van der Waals surface area contributed by atoms with E-state index in [9.17, 15) is 0 Å². The fourth-order valence-corrected chi connectivity index (χ4v) is 5.50. The van der Waals surface area contributed by atoms with Gasteiger partial charge in [-0.3, -0.25) is 16.0 Å². The zero-order valence-electron chi connectivity index (χ0n) is 10.4. The molecule has 1 fully saturated rings. The van der Waals surface area contributed by atoms with E-state index in [1.54, 1.807) is 0 Å². The molecule has 2 rings (SSSR count). The van der Waals surface area contributed by atoms with Crippen LogP contribution in [-0.2, 0) is 6.54 Å². The van der Waals surface area contributed by atoms with Crippen LogP contribution in [0.4, 0.5) is 0 Å². The number of nitrogens with one attached hydrogen (secondary N) is 1. The van der Waals surface area contributed by atoms with Crippen LogP contribution in [-0.4, -0.2) is 32.3 Å². The first kappa shape index (κ1) is 14.7. The predicted octanol–water partition coefficient (Wildman–Crippen LogP) is 2.41. The summed E-state index contributed by atoms with van der Waals surface area (Å²) in [6, 6.07) is 0.159. The van der Waals surface area contributed by atoms with E-state index in [0.29, 0.717) is 5.25 Å². The summed E-state index contributed by atoms with van der Waals surface area (Å²) in [5.74, 6) is 9.38. The van der Waals surface area contributed by atoms with Crippen molar-refractivity contribution in [3.8, 4) is 0 Å². The summed E-state index contributed by atoms with van der Waals surface area (Å²) in [6.07, 6.45) is 2.95. The summed E-state index contributed by atoms with van der Waals surface area (Å²) in [5, 5.41) is 4.94. The van der Waals surface area contributed by atoms with Crippen molar-refractivity contribution in [3.63, 3.8) is 0 Å². The van der Waals surface area contributed by atoms with E-state index in [1.807, 2.05) is 29.7 Å². The Hall–Kier alpha value is 0.310. The second-order valence-electron chi connectivity index (χ2n) is 4.23. The third-order valence-corrected chi connectivity index (χ3v) is 6.43. The molecule has 2 heterocycles. The number of aryl methyl sites for hydroxylation is 1. The van der Waals surface area contributed by atoms with Crippen molar-refractivity contribution in [2.75, 3.05) is 17.3 Å². The number of hydrazine groups is 1. The quantitative estimate of drug-likeness (QED) is 0.630. The highest BCUT2D eigenvalue weighted by Gasteiger charge is 2.29. The fraction of sp³-hybridized carbons (Fsp3) is 0.727. The molecule has 0 aromatic carbocycles. The van der Waals surface area contributed by atoms with Crippen LogP contribution in [0.15, 0.2) is 10.7 Å². The highest BCUT2D eigenvalue weighted by molar-refractivity contribution is 9.10. The average molecular weight is 351 g/mol. The van der Waals surface area contributed by atoms with Crippen LogP contribution >= 0.6 is 39.5 Å². The minimum atomic E-state index is 0.159. The molecule has 1 aliphatic heterocycles. The maximum Gasteiger partial charge on any atom is 0.0766 e. The molecule has 1 aromatic heterocycles. The molecule has 18 heavy (non-hydrogen) atoms. The van der Waals surface area contributed by atoms with Crippen molar-refractivity contribution in [1.29, 1.82) is 0 Å². The molecule has 0 bridgehead atoms. The molecule has 0 saturated carbocycles. The smallest absolute Gasteiger partial charge is 0.0766 e. The van der Waals surface area contributed by atoms with Gasteiger partial charge < -0.3 is 0 Å². The van der Waals surface area contributed by atoms with Crippen molar-refractivity contribution >= 4 is 39.5 Å². The lowest BCUT2D eigenvalue weighted by molar-refractivity contribution is 0.477. The summed E-state index contributed by atoms with van der Waals surface area (Å²) >= 11 is 7.61. The molecule has 7 heteroatoms. The van der Waals surface area contributed by atoms with Crippen molar-refractivity contribution in [2.24, 2.45) is 5.84 Å². The summed E-state index contributed by atoms with van der Waals surface area (Å²) < 4.78 is 3.11. The first-order valence-corrected chi connectivity index (χ1v) is 9.14. The van der Waals surface area contributed by atoms with Crippen LogP contribution < -0.4 is 11.3 Å². The number of nitrogens with zero attached hydrogens (tertiary/aromatic N) is 2. The summed E-state index contributed by atoms with van der Waals surface area (Å²) in [4.78, 5) is 0. The van der Waals surface area contributed by atoms with Gasteiger partial charge >= 0.3 is 0 Å². The van der Waals surface area contributed by atoms with Crippen LogP contribution in [0.2, 0.25) is 0 Å². The van der Waals surface area contributed by atoms with Gasteiger partial charge in [0.05, 0.1) is 22.4 Å². The number of aromatic nitrogens is 2. The van der Waals surface area contributed by atoms with Crippen LogP contribution in [0.5, 0.6) is 0 Å². The van der Waals surface area contributed by atoms with E-state index in [2.05, 4.69) is 38.1 Å². The Morgan fingerprint density at radius 3 is 3.11 bits per heavy atom. The van der Waals surface area contributed by atoms with Gasteiger partial charge in [-0.15, -0.1) is 0 Å². The van der Waals surface area contributed by atoms with E-state index in [4.69, 9.17) is 5.84 Å². The topological polar surface area (TPSA) is 55.9 Å². The van der Waals surface area contributed by atoms with Gasteiger partial charge in [0.1, 0.15) is 0 Å². The normalized spacial score (nSPS) is 22.1. The Kier molecular flexibility index (Phi) is 5.88. The fourth-order valence-electron chi connectivity index (χ4n) is 2.13. The molecule has 1 aromatic rings. The van der Waals surface area contributed by atoms with E-state index in [-0.39, 0.29) is 6.04 Å². The monoisotopic (exact) mass is 350 g/mol. The lowest BCUT2D eigenvalue weighted by Crippen LogP contribution is -2.39. The molecule has 3 N–H and O–H groups in total. The number of hydrogen-bond donors (Lipinski definition) is 2. The van der Waals surface area contributed by atoms with Gasteiger partial charge in [-0.05, 0) is 22.4 Å². The van der Waals surface area contributed by atoms with E-state index < -0.39 is 0 Å². The van der Waals surface area contributed by atoms with E-state index in [1.165, 1.54) is 17.2 Å². The van der Waals surface area contributed by atoms with Gasteiger partial charge in [-0.2, -0.15) is 28.6 Å². The molecule has 2 atom stereocenters. The van der Waals surface area contributed by atoms with E-state index >= 15 is 0 Å². The van der Waals surface area contributed by atoms with Crippen molar-refractivity contribution in [3.05, 3.63) is 16.4 Å². The molecule has 1 aliphatic rings. The Morgan fingerprint density at radius 1 is 1.67 bits per heavy atom. The van der Waals surface area contributed by atoms with Crippen LogP contribution in [0, 0.1) is 0 Å². The number of rotatable bonds is 5. The molecule has 1 saturated heterocycles. The van der Waals surface area contributed by atoms with Crippen molar-refractivity contribution in [2.45, 2.75) is 31.2 Å². The van der Waals surface area contributed by atoms with Gasteiger partial charge in [-0.25, -0.2) is 0 Å². The van der Waals surface area contributed by atoms with Crippen LogP contribution in [0.25, 0.3) is 0 Å². The first-order chi connectivity index (χ1) is 8.77. The summed E-state index contributed by atoms with van der Waals surface area (Å²) in [5.41, 5.74) is 4.17. The average Bonchev–Trinajstić information content (AvgIpc) is 2.75. The lowest BCUT2D eigenvalue weighted by atomic mass is 10.1. The maximum atomic E-state index is 5.79. The van der Waals surface area contributed by atoms with Crippen molar-refractivity contribution in [1.82, 2.24) is 15.2 Å². The first-order valence-electron chi connectivity index (χ1n) is 6.14. The Labute approximate surface area is 125 Å². The minimum Gasteiger partial charge on any atom is -0.271 e.